The minimum atomic E-state index is -0.261. The highest BCUT2D eigenvalue weighted by Gasteiger charge is 2.13. The normalized spacial score (nSPS) is 10.0. The van der Waals surface area contributed by atoms with E-state index in [1.54, 1.807) is 10.9 Å². The van der Waals surface area contributed by atoms with Crippen LogP contribution < -0.4 is 11.1 Å². The van der Waals surface area contributed by atoms with Crippen molar-refractivity contribution in [3.05, 3.63) is 24.0 Å². The Balaban J connectivity index is 2.72. The standard InChI is InChI=1S/C10H16N4O/c1-4-14-6-8(11)9(13-14)10(15)12-5-7(2)3/h6H,2,4-5,11H2,1,3H3,(H,12,15). The van der Waals surface area contributed by atoms with Gasteiger partial charge >= 0.3 is 0 Å². The van der Waals surface area contributed by atoms with Gasteiger partial charge < -0.3 is 11.1 Å². The minimum Gasteiger partial charge on any atom is -0.396 e. The quantitative estimate of drug-likeness (QED) is 0.718. The molecule has 0 atom stereocenters. The van der Waals surface area contributed by atoms with Crippen LogP contribution in [0.15, 0.2) is 18.3 Å². The number of aryl methyl sites for hydroxylation is 1. The Labute approximate surface area is 89.0 Å². The molecule has 0 saturated heterocycles. The monoisotopic (exact) mass is 208 g/mol. The lowest BCUT2D eigenvalue weighted by molar-refractivity contribution is 0.0952. The third-order valence-electron chi connectivity index (χ3n) is 1.88. The van der Waals surface area contributed by atoms with Gasteiger partial charge in [-0.05, 0) is 13.8 Å². The van der Waals surface area contributed by atoms with Crippen molar-refractivity contribution in [2.75, 3.05) is 12.3 Å². The maximum atomic E-state index is 11.6. The highest BCUT2D eigenvalue weighted by molar-refractivity contribution is 5.97. The fraction of sp³-hybridized carbons (Fsp3) is 0.400. The van der Waals surface area contributed by atoms with Crippen LogP contribution >= 0.6 is 0 Å². The molecule has 1 amide bonds. The maximum absolute atomic E-state index is 11.6. The van der Waals surface area contributed by atoms with Gasteiger partial charge in [0.25, 0.3) is 5.91 Å². The van der Waals surface area contributed by atoms with Crippen molar-refractivity contribution >= 4 is 11.6 Å². The molecule has 0 aliphatic heterocycles. The molecule has 82 valence electrons. The lowest BCUT2D eigenvalue weighted by atomic mass is 10.3. The first kappa shape index (κ1) is 11.3. The van der Waals surface area contributed by atoms with Gasteiger partial charge in [-0.1, -0.05) is 12.2 Å². The zero-order valence-corrected chi connectivity index (χ0v) is 9.08. The van der Waals surface area contributed by atoms with E-state index >= 15 is 0 Å². The predicted molar refractivity (Wildman–Crippen MR) is 59.5 cm³/mol. The van der Waals surface area contributed by atoms with Gasteiger partial charge in [0.1, 0.15) is 0 Å². The topological polar surface area (TPSA) is 72.9 Å². The zero-order chi connectivity index (χ0) is 11.4. The van der Waals surface area contributed by atoms with E-state index in [-0.39, 0.29) is 11.6 Å². The van der Waals surface area contributed by atoms with E-state index in [2.05, 4.69) is 17.0 Å². The van der Waals surface area contributed by atoms with E-state index in [4.69, 9.17) is 5.73 Å². The summed E-state index contributed by atoms with van der Waals surface area (Å²) in [6.07, 6.45) is 1.65. The number of rotatable bonds is 4. The molecule has 0 aliphatic carbocycles. The Kier molecular flexibility index (Phi) is 3.49. The number of carbonyl (C=O) groups is 1. The molecule has 0 bridgehead atoms. The first-order chi connectivity index (χ1) is 7.04. The fourth-order valence-corrected chi connectivity index (χ4v) is 1.09. The highest BCUT2D eigenvalue weighted by atomic mass is 16.1. The molecule has 0 aliphatic rings. The van der Waals surface area contributed by atoms with Crippen LogP contribution in [0.25, 0.3) is 0 Å². The molecule has 3 N–H and O–H groups in total. The molecule has 0 aromatic carbocycles. The van der Waals surface area contributed by atoms with Gasteiger partial charge in [-0.25, -0.2) is 0 Å². The lowest BCUT2D eigenvalue weighted by Crippen LogP contribution is -2.26. The predicted octanol–water partition coefficient (Wildman–Crippen LogP) is 0.791. The molecule has 1 aromatic rings. The summed E-state index contributed by atoms with van der Waals surface area (Å²) in [6.45, 7) is 8.60. The number of nitrogens with two attached hydrogens (primary N) is 1. The summed E-state index contributed by atoms with van der Waals surface area (Å²) >= 11 is 0. The Hall–Kier alpha value is -1.78. The summed E-state index contributed by atoms with van der Waals surface area (Å²) in [4.78, 5) is 11.6. The summed E-state index contributed by atoms with van der Waals surface area (Å²) in [6, 6.07) is 0. The summed E-state index contributed by atoms with van der Waals surface area (Å²) in [7, 11) is 0. The van der Waals surface area contributed by atoms with E-state index in [0.717, 1.165) is 5.57 Å². The van der Waals surface area contributed by atoms with Crippen molar-refractivity contribution in [2.24, 2.45) is 0 Å². The fourth-order valence-electron chi connectivity index (χ4n) is 1.09. The molecule has 1 aromatic heterocycles. The highest BCUT2D eigenvalue weighted by Crippen LogP contribution is 2.08. The zero-order valence-electron chi connectivity index (χ0n) is 9.08. The van der Waals surface area contributed by atoms with Crippen LogP contribution in [0.4, 0.5) is 5.69 Å². The van der Waals surface area contributed by atoms with Gasteiger partial charge in [-0.15, -0.1) is 0 Å². The van der Waals surface area contributed by atoms with Crippen LogP contribution in [0.3, 0.4) is 0 Å². The number of nitrogen functional groups attached to an aromatic ring is 1. The van der Waals surface area contributed by atoms with Crippen molar-refractivity contribution in [3.63, 3.8) is 0 Å². The van der Waals surface area contributed by atoms with E-state index in [9.17, 15) is 4.79 Å². The molecular weight excluding hydrogens is 192 g/mol. The second-order valence-electron chi connectivity index (χ2n) is 3.43. The van der Waals surface area contributed by atoms with Gasteiger partial charge in [-0.2, -0.15) is 5.10 Å². The number of anilines is 1. The Morgan fingerprint density at radius 2 is 2.40 bits per heavy atom. The van der Waals surface area contributed by atoms with Crippen LogP contribution in [0.2, 0.25) is 0 Å². The first-order valence-corrected chi connectivity index (χ1v) is 4.80. The third-order valence-corrected chi connectivity index (χ3v) is 1.88. The maximum Gasteiger partial charge on any atom is 0.274 e. The molecule has 0 radical (unpaired) electrons. The van der Waals surface area contributed by atoms with Crippen molar-refractivity contribution in [1.82, 2.24) is 15.1 Å². The second-order valence-corrected chi connectivity index (χ2v) is 3.43. The van der Waals surface area contributed by atoms with Crippen LogP contribution in [0, 0.1) is 0 Å². The van der Waals surface area contributed by atoms with Crippen LogP contribution in [0.1, 0.15) is 24.3 Å². The number of aromatic nitrogens is 2. The number of hydrogen-bond donors (Lipinski definition) is 2. The summed E-state index contributed by atoms with van der Waals surface area (Å²) in [5.41, 5.74) is 7.22. The molecule has 1 heterocycles. The van der Waals surface area contributed by atoms with Gasteiger partial charge in [0, 0.05) is 19.3 Å². The Bertz CT molecular complexity index is 381. The van der Waals surface area contributed by atoms with E-state index in [0.29, 0.717) is 18.8 Å². The molecular formula is C10H16N4O. The average molecular weight is 208 g/mol. The Morgan fingerprint density at radius 3 is 2.87 bits per heavy atom. The van der Waals surface area contributed by atoms with Gasteiger partial charge in [0.05, 0.1) is 5.69 Å². The SMILES string of the molecule is C=C(C)CNC(=O)c1nn(CC)cc1N. The van der Waals surface area contributed by atoms with Gasteiger partial charge in [0.2, 0.25) is 0 Å². The number of hydrogen-bond acceptors (Lipinski definition) is 3. The van der Waals surface area contributed by atoms with Crippen LogP contribution in [0.5, 0.6) is 0 Å². The summed E-state index contributed by atoms with van der Waals surface area (Å²) in [5, 5.41) is 6.74. The van der Waals surface area contributed by atoms with Crippen molar-refractivity contribution in [2.45, 2.75) is 20.4 Å². The molecule has 5 heteroatoms. The molecule has 0 fully saturated rings. The molecule has 0 spiro atoms. The van der Waals surface area contributed by atoms with Crippen LogP contribution in [-0.4, -0.2) is 22.2 Å². The summed E-state index contributed by atoms with van der Waals surface area (Å²) in [5.74, 6) is -0.261. The van der Waals surface area contributed by atoms with Crippen molar-refractivity contribution < 1.29 is 4.79 Å². The average Bonchev–Trinajstić information content (AvgIpc) is 2.56. The number of nitrogens with zero attached hydrogens (tertiary/aromatic N) is 2. The summed E-state index contributed by atoms with van der Waals surface area (Å²) < 4.78 is 1.63. The lowest BCUT2D eigenvalue weighted by Gasteiger charge is -2.02. The van der Waals surface area contributed by atoms with E-state index < -0.39 is 0 Å². The van der Waals surface area contributed by atoms with Gasteiger partial charge in [0.15, 0.2) is 5.69 Å². The first-order valence-electron chi connectivity index (χ1n) is 4.80. The Morgan fingerprint density at radius 1 is 1.73 bits per heavy atom. The number of carbonyl (C=O) groups excluding carboxylic acids is 1. The van der Waals surface area contributed by atoms with E-state index in [1.807, 2.05) is 13.8 Å². The molecule has 5 nitrogen and oxygen atoms in total. The number of nitrogens with one attached hydrogen (secondary N) is 1. The molecule has 15 heavy (non-hydrogen) atoms. The second kappa shape index (κ2) is 4.63. The molecule has 0 saturated carbocycles. The van der Waals surface area contributed by atoms with Crippen molar-refractivity contribution in [3.8, 4) is 0 Å². The molecule has 0 unspecified atom stereocenters. The molecule has 1 rings (SSSR count). The van der Waals surface area contributed by atoms with Crippen molar-refractivity contribution in [1.29, 1.82) is 0 Å². The smallest absolute Gasteiger partial charge is 0.274 e. The number of amides is 1. The van der Waals surface area contributed by atoms with E-state index in [1.165, 1.54) is 0 Å². The largest absolute Gasteiger partial charge is 0.396 e. The third kappa shape index (κ3) is 2.83. The van der Waals surface area contributed by atoms with Gasteiger partial charge in [-0.3, -0.25) is 9.48 Å². The minimum absolute atomic E-state index is 0.261. The van der Waals surface area contributed by atoms with Crippen LogP contribution in [-0.2, 0) is 6.54 Å².